The van der Waals surface area contributed by atoms with Crippen LogP contribution in [0.1, 0.15) is 0 Å². The van der Waals surface area contributed by atoms with Crippen LogP contribution in [0.15, 0.2) is 18.2 Å². The first-order chi connectivity index (χ1) is 8.27. The maximum atomic E-state index is 5.83. The Morgan fingerprint density at radius 1 is 1.24 bits per heavy atom. The minimum Gasteiger partial charge on any atom is -0.490 e. The largest absolute Gasteiger partial charge is 0.490 e. The van der Waals surface area contributed by atoms with Crippen molar-refractivity contribution in [2.45, 2.75) is 0 Å². The summed E-state index contributed by atoms with van der Waals surface area (Å²) in [5.74, 6) is 0.681. The molecule has 1 heterocycles. The first-order valence-electron chi connectivity index (χ1n) is 5.97. The van der Waals surface area contributed by atoms with Crippen LogP contribution in [0.2, 0.25) is 0 Å². The molecule has 17 heavy (non-hydrogen) atoms. The SMILES string of the molecule is Nc1cccc(OCCN2CCNCC2)c1N. The minimum absolute atomic E-state index is 0.535. The van der Waals surface area contributed by atoms with E-state index in [1.807, 2.05) is 12.1 Å². The molecule has 94 valence electrons. The van der Waals surface area contributed by atoms with Crippen LogP contribution in [-0.4, -0.2) is 44.2 Å². The Hall–Kier alpha value is -1.46. The second-order valence-corrected chi connectivity index (χ2v) is 4.20. The fourth-order valence-electron chi connectivity index (χ4n) is 1.91. The molecular formula is C12H20N4O. The van der Waals surface area contributed by atoms with E-state index >= 15 is 0 Å². The molecule has 0 radical (unpaired) electrons. The topological polar surface area (TPSA) is 76.5 Å². The Morgan fingerprint density at radius 3 is 2.76 bits per heavy atom. The zero-order valence-corrected chi connectivity index (χ0v) is 9.98. The quantitative estimate of drug-likeness (QED) is 0.648. The predicted octanol–water partition coefficient (Wildman–Crippen LogP) is 0.135. The summed E-state index contributed by atoms with van der Waals surface area (Å²) in [5.41, 5.74) is 12.6. The monoisotopic (exact) mass is 236 g/mol. The summed E-state index contributed by atoms with van der Waals surface area (Å²) < 4.78 is 5.65. The van der Waals surface area contributed by atoms with Gasteiger partial charge in [0.15, 0.2) is 0 Å². The van der Waals surface area contributed by atoms with Gasteiger partial charge in [0.25, 0.3) is 0 Å². The number of rotatable bonds is 4. The third-order valence-corrected chi connectivity index (χ3v) is 2.97. The fourth-order valence-corrected chi connectivity index (χ4v) is 1.91. The zero-order valence-electron chi connectivity index (χ0n) is 9.98. The van der Waals surface area contributed by atoms with Gasteiger partial charge in [-0.05, 0) is 12.1 Å². The van der Waals surface area contributed by atoms with Crippen molar-refractivity contribution in [1.29, 1.82) is 0 Å². The van der Waals surface area contributed by atoms with Crippen LogP contribution in [0.5, 0.6) is 5.75 Å². The van der Waals surface area contributed by atoms with Gasteiger partial charge in [-0.1, -0.05) is 6.07 Å². The number of para-hydroxylation sites is 1. The van der Waals surface area contributed by atoms with Crippen molar-refractivity contribution < 1.29 is 4.74 Å². The zero-order chi connectivity index (χ0) is 12.1. The van der Waals surface area contributed by atoms with Crippen molar-refractivity contribution in [2.75, 3.05) is 50.8 Å². The van der Waals surface area contributed by atoms with E-state index in [0.717, 1.165) is 32.7 Å². The van der Waals surface area contributed by atoms with Crippen molar-refractivity contribution in [3.63, 3.8) is 0 Å². The Morgan fingerprint density at radius 2 is 2.00 bits per heavy atom. The van der Waals surface area contributed by atoms with E-state index < -0.39 is 0 Å². The van der Waals surface area contributed by atoms with Gasteiger partial charge in [-0.15, -0.1) is 0 Å². The van der Waals surface area contributed by atoms with Crippen molar-refractivity contribution in [2.24, 2.45) is 0 Å². The summed E-state index contributed by atoms with van der Waals surface area (Å²) in [5, 5.41) is 3.32. The first kappa shape index (κ1) is 12.0. The molecule has 0 spiro atoms. The molecule has 1 aromatic rings. The highest BCUT2D eigenvalue weighted by Crippen LogP contribution is 2.26. The van der Waals surface area contributed by atoms with Crippen LogP contribution in [0.25, 0.3) is 0 Å². The molecule has 0 amide bonds. The molecule has 0 bridgehead atoms. The van der Waals surface area contributed by atoms with Crippen molar-refractivity contribution in [1.82, 2.24) is 10.2 Å². The van der Waals surface area contributed by atoms with Crippen LogP contribution in [0.4, 0.5) is 11.4 Å². The second-order valence-electron chi connectivity index (χ2n) is 4.20. The standard InChI is InChI=1S/C12H20N4O/c13-10-2-1-3-11(12(10)14)17-9-8-16-6-4-15-5-7-16/h1-3,15H,4-9,13-14H2. The van der Waals surface area contributed by atoms with Crippen LogP contribution >= 0.6 is 0 Å². The Kier molecular flexibility index (Phi) is 4.06. The number of nitrogens with zero attached hydrogens (tertiary/aromatic N) is 1. The number of nitrogens with two attached hydrogens (primary N) is 2. The summed E-state index contributed by atoms with van der Waals surface area (Å²) in [7, 11) is 0. The average Bonchev–Trinajstić information content (AvgIpc) is 2.36. The second kappa shape index (κ2) is 5.75. The molecule has 1 saturated heterocycles. The number of benzene rings is 1. The molecule has 1 aliphatic heterocycles. The van der Waals surface area contributed by atoms with E-state index in [-0.39, 0.29) is 0 Å². The molecule has 1 aromatic carbocycles. The lowest BCUT2D eigenvalue weighted by atomic mass is 10.2. The maximum Gasteiger partial charge on any atom is 0.144 e. The summed E-state index contributed by atoms with van der Waals surface area (Å²) in [6, 6.07) is 5.48. The molecular weight excluding hydrogens is 216 g/mol. The number of hydrogen-bond donors (Lipinski definition) is 3. The molecule has 0 unspecified atom stereocenters. The third kappa shape index (κ3) is 3.25. The first-order valence-corrected chi connectivity index (χ1v) is 5.97. The van der Waals surface area contributed by atoms with Gasteiger partial charge in [0.05, 0.1) is 11.4 Å². The van der Waals surface area contributed by atoms with Gasteiger partial charge in [-0.2, -0.15) is 0 Å². The van der Waals surface area contributed by atoms with Gasteiger partial charge in [-0.25, -0.2) is 0 Å². The summed E-state index contributed by atoms with van der Waals surface area (Å²) >= 11 is 0. The van der Waals surface area contributed by atoms with Crippen LogP contribution in [0, 0.1) is 0 Å². The van der Waals surface area contributed by atoms with Gasteiger partial charge >= 0.3 is 0 Å². The number of anilines is 2. The highest BCUT2D eigenvalue weighted by Gasteiger charge is 2.09. The lowest BCUT2D eigenvalue weighted by Gasteiger charge is -2.27. The third-order valence-electron chi connectivity index (χ3n) is 2.97. The average molecular weight is 236 g/mol. The molecule has 5 nitrogen and oxygen atoms in total. The Balaban J connectivity index is 1.79. The van der Waals surface area contributed by atoms with Gasteiger partial charge < -0.3 is 21.5 Å². The van der Waals surface area contributed by atoms with E-state index in [0.29, 0.717) is 23.7 Å². The maximum absolute atomic E-state index is 5.83. The van der Waals surface area contributed by atoms with E-state index in [9.17, 15) is 0 Å². The summed E-state index contributed by atoms with van der Waals surface area (Å²) in [6.07, 6.45) is 0. The van der Waals surface area contributed by atoms with Crippen LogP contribution in [0.3, 0.4) is 0 Å². The van der Waals surface area contributed by atoms with Crippen molar-refractivity contribution >= 4 is 11.4 Å². The predicted molar refractivity (Wildman–Crippen MR) is 70.1 cm³/mol. The number of nitrogens with one attached hydrogen (secondary N) is 1. The van der Waals surface area contributed by atoms with E-state index in [1.165, 1.54) is 0 Å². The molecule has 0 aliphatic carbocycles. The van der Waals surface area contributed by atoms with Gasteiger partial charge in [0.2, 0.25) is 0 Å². The van der Waals surface area contributed by atoms with Crippen LogP contribution < -0.4 is 21.5 Å². The number of nitrogen functional groups attached to an aromatic ring is 2. The smallest absolute Gasteiger partial charge is 0.144 e. The van der Waals surface area contributed by atoms with Gasteiger partial charge in [-0.3, -0.25) is 4.90 Å². The Bertz CT molecular complexity index is 364. The van der Waals surface area contributed by atoms with Gasteiger partial charge in [0, 0.05) is 32.7 Å². The molecule has 0 saturated carbocycles. The molecule has 1 aliphatic rings. The van der Waals surface area contributed by atoms with Crippen molar-refractivity contribution in [3.8, 4) is 5.75 Å². The normalized spacial score (nSPS) is 16.9. The van der Waals surface area contributed by atoms with Crippen LogP contribution in [-0.2, 0) is 0 Å². The number of ether oxygens (including phenoxy) is 1. The summed E-state index contributed by atoms with van der Waals surface area (Å²) in [6.45, 7) is 5.84. The number of piperazine rings is 1. The lowest BCUT2D eigenvalue weighted by molar-refractivity contribution is 0.192. The lowest BCUT2D eigenvalue weighted by Crippen LogP contribution is -2.44. The van der Waals surface area contributed by atoms with E-state index in [2.05, 4.69) is 10.2 Å². The van der Waals surface area contributed by atoms with Gasteiger partial charge in [0.1, 0.15) is 12.4 Å². The molecule has 5 N–H and O–H groups in total. The van der Waals surface area contributed by atoms with Crippen molar-refractivity contribution in [3.05, 3.63) is 18.2 Å². The summed E-state index contributed by atoms with van der Waals surface area (Å²) in [4.78, 5) is 2.37. The minimum atomic E-state index is 0.535. The molecule has 1 fully saturated rings. The molecule has 0 atom stereocenters. The highest BCUT2D eigenvalue weighted by atomic mass is 16.5. The highest BCUT2D eigenvalue weighted by molar-refractivity contribution is 5.70. The molecule has 5 heteroatoms. The molecule has 0 aromatic heterocycles. The fraction of sp³-hybridized carbons (Fsp3) is 0.500. The number of hydrogen-bond acceptors (Lipinski definition) is 5. The van der Waals surface area contributed by atoms with E-state index in [1.54, 1.807) is 6.07 Å². The van der Waals surface area contributed by atoms with E-state index in [4.69, 9.17) is 16.2 Å². The molecule has 2 rings (SSSR count). The Labute approximate surface area is 102 Å².